The van der Waals surface area contributed by atoms with E-state index in [1.165, 1.54) is 23.9 Å². The molecule has 0 radical (unpaired) electrons. The molecule has 35 heavy (non-hydrogen) atoms. The van der Waals surface area contributed by atoms with Gasteiger partial charge in [0.25, 0.3) is 11.1 Å². The molecule has 2 aromatic rings. The minimum absolute atomic E-state index is 0.0233. The van der Waals surface area contributed by atoms with E-state index in [9.17, 15) is 34.6 Å². The van der Waals surface area contributed by atoms with E-state index in [2.05, 4.69) is 9.97 Å². The summed E-state index contributed by atoms with van der Waals surface area (Å²) in [6.45, 7) is 2.84. The molecule has 0 aromatic carbocycles. The first-order valence-electron chi connectivity index (χ1n) is 11.3. The average molecular weight is 495 g/mol. The number of rotatable bonds is 7. The van der Waals surface area contributed by atoms with Crippen molar-refractivity contribution in [2.24, 2.45) is 5.92 Å². The van der Waals surface area contributed by atoms with E-state index < -0.39 is 53.4 Å². The summed E-state index contributed by atoms with van der Waals surface area (Å²) in [7, 11) is 0. The van der Waals surface area contributed by atoms with Crippen LogP contribution in [0.3, 0.4) is 0 Å². The normalized spacial score (nSPS) is 28.7. The second-order valence-corrected chi connectivity index (χ2v) is 9.00. The Morgan fingerprint density at radius 2 is 1.51 bits per heavy atom. The van der Waals surface area contributed by atoms with Gasteiger partial charge in [0.2, 0.25) is 0 Å². The largest absolute Gasteiger partial charge is 0.394 e. The van der Waals surface area contributed by atoms with Crippen LogP contribution in [0.1, 0.15) is 42.8 Å². The van der Waals surface area contributed by atoms with Crippen LogP contribution in [0.4, 0.5) is 0 Å². The Bertz CT molecular complexity index is 1300. The SMILES string of the molecule is Cc1cn(C2CC(O)C(N(O)CCC3C[C@H](n4cc(C)c(=O)[nH]c4=O)O[C@@H]3CO)O2)c(=O)[nH]c1=O. The van der Waals surface area contributed by atoms with Gasteiger partial charge in [0.1, 0.15) is 18.6 Å². The van der Waals surface area contributed by atoms with Crippen LogP contribution in [-0.4, -0.2) is 71.2 Å². The number of hydrogen-bond donors (Lipinski definition) is 5. The zero-order valence-electron chi connectivity index (χ0n) is 19.3. The molecular formula is C21H29N5O9. The first-order chi connectivity index (χ1) is 16.6. The summed E-state index contributed by atoms with van der Waals surface area (Å²) in [5.74, 6) is -0.238. The van der Waals surface area contributed by atoms with E-state index in [0.717, 1.165) is 9.63 Å². The van der Waals surface area contributed by atoms with E-state index >= 15 is 0 Å². The molecule has 4 unspecified atom stereocenters. The van der Waals surface area contributed by atoms with E-state index in [-0.39, 0.29) is 25.5 Å². The van der Waals surface area contributed by atoms with Crippen LogP contribution >= 0.6 is 0 Å². The third-order valence-corrected chi connectivity index (χ3v) is 6.55. The molecule has 0 aliphatic carbocycles. The van der Waals surface area contributed by atoms with Gasteiger partial charge in [-0.25, -0.2) is 9.59 Å². The molecule has 4 heterocycles. The number of aromatic amines is 2. The van der Waals surface area contributed by atoms with Gasteiger partial charge in [-0.3, -0.25) is 28.7 Å². The second kappa shape index (κ2) is 10.0. The van der Waals surface area contributed by atoms with E-state index in [1.54, 1.807) is 6.92 Å². The van der Waals surface area contributed by atoms with Crippen molar-refractivity contribution < 1.29 is 24.9 Å². The van der Waals surface area contributed by atoms with E-state index in [0.29, 0.717) is 24.0 Å². The topological polar surface area (TPSA) is 192 Å². The Balaban J connectivity index is 1.40. The lowest BCUT2D eigenvalue weighted by Gasteiger charge is -2.26. The molecule has 5 N–H and O–H groups in total. The van der Waals surface area contributed by atoms with Crippen LogP contribution in [0.25, 0.3) is 0 Å². The van der Waals surface area contributed by atoms with Crippen LogP contribution in [0.15, 0.2) is 31.6 Å². The highest BCUT2D eigenvalue weighted by Crippen LogP contribution is 2.35. The van der Waals surface area contributed by atoms with Crippen molar-refractivity contribution in [2.75, 3.05) is 13.2 Å². The molecule has 2 saturated heterocycles. The maximum absolute atomic E-state index is 12.2. The summed E-state index contributed by atoms with van der Waals surface area (Å²) in [6, 6.07) is 0. The fourth-order valence-electron chi connectivity index (χ4n) is 4.56. The molecule has 0 spiro atoms. The van der Waals surface area contributed by atoms with Gasteiger partial charge in [0, 0.05) is 36.5 Å². The summed E-state index contributed by atoms with van der Waals surface area (Å²) >= 11 is 0. The van der Waals surface area contributed by atoms with Crippen molar-refractivity contribution >= 4 is 0 Å². The van der Waals surface area contributed by atoms with E-state index in [4.69, 9.17) is 9.47 Å². The first-order valence-corrected chi connectivity index (χ1v) is 11.3. The van der Waals surface area contributed by atoms with Gasteiger partial charge in [0.05, 0.1) is 12.7 Å². The molecule has 2 aliphatic rings. The number of hydrogen-bond acceptors (Lipinski definition) is 10. The minimum atomic E-state index is -1.12. The third kappa shape index (κ3) is 5.07. The molecule has 2 aromatic heterocycles. The summed E-state index contributed by atoms with van der Waals surface area (Å²) in [5, 5.41) is 31.6. The molecule has 6 atom stereocenters. The van der Waals surface area contributed by atoms with Crippen molar-refractivity contribution in [3.05, 3.63) is 65.2 Å². The quantitative estimate of drug-likeness (QED) is 0.276. The van der Waals surface area contributed by atoms with Gasteiger partial charge < -0.3 is 24.9 Å². The maximum atomic E-state index is 12.2. The highest BCUT2D eigenvalue weighted by atomic mass is 16.6. The lowest BCUT2D eigenvalue weighted by molar-refractivity contribution is -0.237. The predicted octanol–water partition coefficient (Wildman–Crippen LogP) is -1.71. The van der Waals surface area contributed by atoms with Crippen LogP contribution in [-0.2, 0) is 9.47 Å². The molecular weight excluding hydrogens is 466 g/mol. The van der Waals surface area contributed by atoms with Crippen LogP contribution in [0, 0.1) is 19.8 Å². The third-order valence-electron chi connectivity index (χ3n) is 6.55. The number of aliphatic hydroxyl groups excluding tert-OH is 2. The van der Waals surface area contributed by atoms with Crippen molar-refractivity contribution in [2.45, 2.75) is 64.0 Å². The fourth-order valence-corrected chi connectivity index (χ4v) is 4.56. The van der Waals surface area contributed by atoms with Crippen LogP contribution in [0.2, 0.25) is 0 Å². The monoisotopic (exact) mass is 495 g/mol. The lowest BCUT2D eigenvalue weighted by Crippen LogP contribution is -2.41. The van der Waals surface area contributed by atoms with Crippen molar-refractivity contribution in [3.63, 3.8) is 0 Å². The van der Waals surface area contributed by atoms with Crippen molar-refractivity contribution in [1.82, 2.24) is 24.2 Å². The van der Waals surface area contributed by atoms with Crippen LogP contribution < -0.4 is 22.5 Å². The maximum Gasteiger partial charge on any atom is 0.330 e. The number of nitrogens with one attached hydrogen (secondary N) is 2. The zero-order chi connectivity index (χ0) is 25.4. The number of aliphatic hydroxyl groups is 2. The second-order valence-electron chi connectivity index (χ2n) is 9.00. The number of H-pyrrole nitrogens is 2. The number of aryl methyl sites for hydroxylation is 2. The molecule has 0 amide bonds. The number of aromatic nitrogens is 4. The van der Waals surface area contributed by atoms with Crippen molar-refractivity contribution in [1.29, 1.82) is 0 Å². The summed E-state index contributed by atoms with van der Waals surface area (Å²) in [6.07, 6.45) is -0.935. The van der Waals surface area contributed by atoms with Gasteiger partial charge in [-0.15, -0.1) is 0 Å². The smallest absolute Gasteiger partial charge is 0.330 e. The number of ether oxygens (including phenoxy) is 2. The zero-order valence-corrected chi connectivity index (χ0v) is 19.3. The van der Waals surface area contributed by atoms with Gasteiger partial charge in [0.15, 0.2) is 6.23 Å². The lowest BCUT2D eigenvalue weighted by atomic mass is 9.97. The predicted molar refractivity (Wildman–Crippen MR) is 119 cm³/mol. The molecule has 4 rings (SSSR count). The Morgan fingerprint density at radius 3 is 2.06 bits per heavy atom. The summed E-state index contributed by atoms with van der Waals surface area (Å²) in [5.41, 5.74) is -1.65. The van der Waals surface area contributed by atoms with E-state index in [1.807, 2.05) is 0 Å². The van der Waals surface area contributed by atoms with Crippen LogP contribution in [0.5, 0.6) is 0 Å². The van der Waals surface area contributed by atoms with Gasteiger partial charge in [-0.2, -0.15) is 5.06 Å². The Kier molecular flexibility index (Phi) is 7.21. The van der Waals surface area contributed by atoms with Gasteiger partial charge in [-0.05, 0) is 32.6 Å². The average Bonchev–Trinajstić information content (AvgIpc) is 3.40. The fraction of sp³-hybridized carbons (Fsp3) is 0.619. The van der Waals surface area contributed by atoms with Gasteiger partial charge in [-0.1, -0.05) is 0 Å². The summed E-state index contributed by atoms with van der Waals surface area (Å²) < 4.78 is 14.0. The molecule has 14 nitrogen and oxygen atoms in total. The Labute approximate surface area is 197 Å². The summed E-state index contributed by atoms with van der Waals surface area (Å²) in [4.78, 5) is 52.0. The number of nitrogens with zero attached hydrogens (tertiary/aromatic N) is 3. The molecule has 0 saturated carbocycles. The highest BCUT2D eigenvalue weighted by Gasteiger charge is 2.41. The van der Waals surface area contributed by atoms with Gasteiger partial charge >= 0.3 is 11.4 Å². The Morgan fingerprint density at radius 1 is 0.971 bits per heavy atom. The molecule has 2 fully saturated rings. The first kappa shape index (κ1) is 25.2. The van der Waals surface area contributed by atoms with Crippen molar-refractivity contribution in [3.8, 4) is 0 Å². The molecule has 0 bridgehead atoms. The Hall–Kier alpha value is -2.88. The molecule has 2 aliphatic heterocycles. The number of hydroxylamine groups is 2. The minimum Gasteiger partial charge on any atom is -0.394 e. The standard InChI is InChI=1S/C21H29N5O9/c1-10-7-24(20(31)22-17(10)29)15-5-12(14(9-27)34-15)3-4-26(33)19-13(28)6-16(35-19)25-8-11(2)18(30)23-21(25)32/h7-8,12-16,19,27-28,33H,3-6,9H2,1-2H3,(H,22,29,31)(H,23,30,32)/t12?,13?,14-,15-,16?,19?/m1/s1. The molecule has 14 heteroatoms. The molecule has 192 valence electrons. The highest BCUT2D eigenvalue weighted by molar-refractivity contribution is 5.03.